The number of hydrogen-bond acceptors (Lipinski definition) is 6. The summed E-state index contributed by atoms with van der Waals surface area (Å²) in [6.07, 6.45) is 7.72. The van der Waals surface area contributed by atoms with Crippen molar-refractivity contribution in [1.29, 1.82) is 0 Å². The Kier molecular flexibility index (Phi) is 15.3. The molecule has 0 radical (unpaired) electrons. The fourth-order valence-corrected chi connectivity index (χ4v) is 5.09. The topological polar surface area (TPSA) is 108 Å². The van der Waals surface area contributed by atoms with E-state index in [0.29, 0.717) is 37.2 Å². The number of carbonyl (C=O) groups excluding carboxylic acids is 3. The van der Waals surface area contributed by atoms with Crippen molar-refractivity contribution in [2.24, 2.45) is 0 Å². The molecule has 0 heterocycles. The highest BCUT2D eigenvalue weighted by Gasteiger charge is 2.36. The predicted octanol–water partition coefficient (Wildman–Crippen LogP) is 6.59. The van der Waals surface area contributed by atoms with Crippen molar-refractivity contribution in [3.05, 3.63) is 65.7 Å². The number of phenolic OH excluding ortho intramolecular Hbond substituents is 1. The highest BCUT2D eigenvalue weighted by Crippen LogP contribution is 2.27. The lowest BCUT2D eigenvalue weighted by atomic mass is 10.0. The highest BCUT2D eigenvalue weighted by molar-refractivity contribution is 7.98. The number of rotatable bonds is 17. The molecule has 3 N–H and O–H groups in total. The summed E-state index contributed by atoms with van der Waals surface area (Å²) in [7, 11) is 0. The summed E-state index contributed by atoms with van der Waals surface area (Å²) >= 11 is 1.57. The van der Waals surface area contributed by atoms with Crippen molar-refractivity contribution in [3.8, 4) is 5.75 Å². The quantitative estimate of drug-likeness (QED) is 0.177. The number of unbranched alkanes of at least 4 members (excludes halogenated alkanes) is 5. The maximum atomic E-state index is 14.3. The first-order chi connectivity index (χ1) is 20.1. The number of alkyl carbamates (subject to hydrolysis) is 1. The number of nitrogens with zero attached hydrogens (tertiary/aromatic N) is 1. The smallest absolute Gasteiger partial charge is 0.408 e. The van der Waals surface area contributed by atoms with Crippen LogP contribution in [0.3, 0.4) is 0 Å². The third-order valence-corrected chi connectivity index (χ3v) is 7.33. The molecule has 8 nitrogen and oxygen atoms in total. The second-order valence-corrected chi connectivity index (χ2v) is 12.5. The van der Waals surface area contributed by atoms with Crippen LogP contribution in [-0.4, -0.2) is 58.1 Å². The Morgan fingerprint density at radius 1 is 0.976 bits per heavy atom. The van der Waals surface area contributed by atoms with Crippen molar-refractivity contribution >= 4 is 29.7 Å². The van der Waals surface area contributed by atoms with Gasteiger partial charge in [0.25, 0.3) is 0 Å². The van der Waals surface area contributed by atoms with Gasteiger partial charge in [-0.1, -0.05) is 81.5 Å². The normalized spacial score (nSPS) is 12.7. The number of phenols is 1. The molecule has 9 heteroatoms. The van der Waals surface area contributed by atoms with Gasteiger partial charge in [-0.2, -0.15) is 11.8 Å². The van der Waals surface area contributed by atoms with Crippen LogP contribution in [0, 0.1) is 0 Å². The number of hydrogen-bond donors (Lipinski definition) is 3. The predicted molar refractivity (Wildman–Crippen MR) is 170 cm³/mol. The number of carbonyl (C=O) groups is 3. The molecule has 0 bridgehead atoms. The minimum atomic E-state index is -0.999. The molecule has 2 unspecified atom stereocenters. The molecule has 2 aromatic carbocycles. The minimum absolute atomic E-state index is 0.00568. The van der Waals surface area contributed by atoms with Gasteiger partial charge in [-0.15, -0.1) is 0 Å². The zero-order chi connectivity index (χ0) is 31.0. The lowest BCUT2D eigenvalue weighted by Gasteiger charge is -2.34. The molecule has 0 saturated carbocycles. The summed E-state index contributed by atoms with van der Waals surface area (Å²) in [6.45, 7) is 8.10. The number of thioether (sulfide) groups is 1. The monoisotopic (exact) mass is 599 g/mol. The van der Waals surface area contributed by atoms with Gasteiger partial charge in [0, 0.05) is 13.1 Å². The van der Waals surface area contributed by atoms with Crippen molar-refractivity contribution in [1.82, 2.24) is 15.5 Å². The average Bonchev–Trinajstić information content (AvgIpc) is 2.94. The van der Waals surface area contributed by atoms with Gasteiger partial charge in [-0.05, 0) is 68.9 Å². The molecule has 0 aromatic heterocycles. The highest BCUT2D eigenvalue weighted by atomic mass is 32.2. The number of nitrogens with one attached hydrogen (secondary N) is 2. The van der Waals surface area contributed by atoms with E-state index in [-0.39, 0.29) is 17.6 Å². The molecule has 3 amide bonds. The van der Waals surface area contributed by atoms with E-state index < -0.39 is 23.8 Å². The Labute approximate surface area is 256 Å². The number of amides is 3. The average molecular weight is 600 g/mol. The van der Waals surface area contributed by atoms with E-state index in [9.17, 15) is 19.5 Å². The van der Waals surface area contributed by atoms with Gasteiger partial charge in [0.1, 0.15) is 23.4 Å². The van der Waals surface area contributed by atoms with E-state index in [2.05, 4.69) is 17.6 Å². The Bertz CT molecular complexity index is 1110. The van der Waals surface area contributed by atoms with Crippen LogP contribution in [0.2, 0.25) is 0 Å². The van der Waals surface area contributed by atoms with Gasteiger partial charge >= 0.3 is 6.09 Å². The molecule has 0 aliphatic carbocycles. The van der Waals surface area contributed by atoms with Crippen LogP contribution < -0.4 is 10.6 Å². The summed E-state index contributed by atoms with van der Waals surface area (Å²) in [4.78, 5) is 42.5. The zero-order valence-corrected chi connectivity index (χ0v) is 26.7. The second kappa shape index (κ2) is 18.4. The summed E-state index contributed by atoms with van der Waals surface area (Å²) in [5, 5.41) is 16.1. The summed E-state index contributed by atoms with van der Waals surface area (Å²) < 4.78 is 5.47. The van der Waals surface area contributed by atoms with Crippen molar-refractivity contribution < 1.29 is 24.2 Å². The van der Waals surface area contributed by atoms with Gasteiger partial charge < -0.3 is 25.4 Å². The summed E-state index contributed by atoms with van der Waals surface area (Å²) in [5.41, 5.74) is 0.705. The molecule has 2 aromatic rings. The molecule has 0 aliphatic rings. The SMILES string of the molecule is CCCCCCCCN(C(=O)C(CCSC)NC(=O)OC(C)(C)C)C(C(=O)NCc1ccccc1)c1cccc(O)c1. The fourth-order valence-electron chi connectivity index (χ4n) is 4.62. The van der Waals surface area contributed by atoms with E-state index in [4.69, 9.17) is 4.74 Å². The Hall–Kier alpha value is -3.20. The number of aromatic hydroxyl groups is 1. The molecule has 0 spiro atoms. The van der Waals surface area contributed by atoms with Crippen LogP contribution in [0.5, 0.6) is 5.75 Å². The minimum Gasteiger partial charge on any atom is -0.508 e. The standard InChI is InChI=1S/C33H49N3O5S/c1-6-7-8-9-10-14-21-36(31(39)28(20-22-42-5)35-32(40)41-33(2,3)4)29(26-18-15-19-27(37)23-26)30(38)34-24-25-16-12-11-13-17-25/h11-13,15-19,23,28-29,37H,6-10,14,20-22,24H2,1-5H3,(H,34,38)(H,35,40). The third-order valence-electron chi connectivity index (χ3n) is 6.69. The van der Waals surface area contributed by atoms with Gasteiger partial charge in [-0.3, -0.25) is 9.59 Å². The van der Waals surface area contributed by atoms with Crippen molar-refractivity contribution in [2.75, 3.05) is 18.6 Å². The van der Waals surface area contributed by atoms with Crippen LogP contribution in [0.1, 0.15) is 89.8 Å². The van der Waals surface area contributed by atoms with E-state index in [1.54, 1.807) is 49.6 Å². The molecule has 42 heavy (non-hydrogen) atoms. The third kappa shape index (κ3) is 12.8. The Morgan fingerprint density at radius 3 is 2.31 bits per heavy atom. The molecule has 0 saturated heterocycles. The van der Waals surface area contributed by atoms with Crippen molar-refractivity contribution in [3.63, 3.8) is 0 Å². The van der Waals surface area contributed by atoms with E-state index in [0.717, 1.165) is 37.7 Å². The van der Waals surface area contributed by atoms with Crippen LogP contribution >= 0.6 is 11.8 Å². The molecule has 232 valence electrons. The van der Waals surface area contributed by atoms with E-state index in [1.807, 2.05) is 36.6 Å². The largest absolute Gasteiger partial charge is 0.508 e. The van der Waals surface area contributed by atoms with Crippen LogP contribution in [0.15, 0.2) is 54.6 Å². The number of benzene rings is 2. The molecular weight excluding hydrogens is 550 g/mol. The van der Waals surface area contributed by atoms with Gasteiger partial charge in [0.15, 0.2) is 0 Å². The molecule has 2 rings (SSSR count). The van der Waals surface area contributed by atoms with Gasteiger partial charge in [-0.25, -0.2) is 4.79 Å². The molecule has 2 atom stereocenters. The molecule has 0 aliphatic heterocycles. The molecular formula is C33H49N3O5S. The van der Waals surface area contributed by atoms with Gasteiger partial charge in [0.05, 0.1) is 0 Å². The summed E-state index contributed by atoms with van der Waals surface area (Å²) in [5.74, 6) is -0.0730. The Balaban J connectivity index is 2.43. The van der Waals surface area contributed by atoms with E-state index >= 15 is 0 Å². The maximum Gasteiger partial charge on any atom is 0.408 e. The first kappa shape index (κ1) is 35.0. The van der Waals surface area contributed by atoms with Crippen LogP contribution in [0.25, 0.3) is 0 Å². The maximum absolute atomic E-state index is 14.3. The fraction of sp³-hybridized carbons (Fsp3) is 0.545. The first-order valence-corrected chi connectivity index (χ1v) is 16.3. The van der Waals surface area contributed by atoms with Crippen molar-refractivity contribution in [2.45, 2.75) is 96.9 Å². The van der Waals surface area contributed by atoms with Crippen LogP contribution in [-0.2, 0) is 20.9 Å². The summed E-state index contributed by atoms with van der Waals surface area (Å²) in [6, 6.07) is 14.1. The van der Waals surface area contributed by atoms with Gasteiger partial charge in [0.2, 0.25) is 11.8 Å². The molecule has 0 fully saturated rings. The lowest BCUT2D eigenvalue weighted by molar-refractivity contribution is -0.142. The first-order valence-electron chi connectivity index (χ1n) is 14.9. The number of ether oxygens (including phenoxy) is 1. The Morgan fingerprint density at radius 2 is 1.67 bits per heavy atom. The lowest BCUT2D eigenvalue weighted by Crippen LogP contribution is -2.53. The van der Waals surface area contributed by atoms with E-state index in [1.165, 1.54) is 12.1 Å². The van der Waals surface area contributed by atoms with Crippen LogP contribution in [0.4, 0.5) is 4.79 Å². The second-order valence-electron chi connectivity index (χ2n) is 11.5. The zero-order valence-electron chi connectivity index (χ0n) is 25.9.